The number of carbonyl (C=O) groups excluding carboxylic acids is 2. The highest BCUT2D eigenvalue weighted by atomic mass is 19.4. The molecule has 3 N–H and O–H groups in total. The average molecular weight is 405 g/mol. The first-order chi connectivity index (χ1) is 13.6. The number of aromatic amines is 2. The van der Waals surface area contributed by atoms with Gasteiger partial charge in [-0.25, -0.2) is 4.79 Å². The minimum absolute atomic E-state index is 0.259. The third-order valence-corrected chi connectivity index (χ3v) is 3.91. The van der Waals surface area contributed by atoms with E-state index >= 15 is 0 Å². The summed E-state index contributed by atoms with van der Waals surface area (Å²) >= 11 is 0. The van der Waals surface area contributed by atoms with Crippen molar-refractivity contribution in [2.75, 3.05) is 5.32 Å². The Bertz CT molecular complexity index is 1160. The van der Waals surface area contributed by atoms with E-state index in [9.17, 15) is 27.6 Å². The maximum atomic E-state index is 13.0. The number of imidazole rings is 1. The van der Waals surface area contributed by atoms with Crippen LogP contribution in [0, 0.1) is 0 Å². The predicted octanol–water partition coefficient (Wildman–Crippen LogP) is 3.56. The summed E-state index contributed by atoms with van der Waals surface area (Å²) in [5, 5.41) is 9.44. The molecule has 0 unspecified atom stereocenters. The number of fused-ring (bicyclic) bond motifs is 1. The quantitative estimate of drug-likeness (QED) is 0.445. The molecule has 0 aliphatic carbocycles. The highest BCUT2D eigenvalue weighted by Crippen LogP contribution is 2.36. The zero-order valence-corrected chi connectivity index (χ0v) is 14.9. The smallest absolute Gasteiger partial charge is 0.324 e. The summed E-state index contributed by atoms with van der Waals surface area (Å²) in [6.45, 7) is 1.08. The molecule has 0 bridgehead atoms. The van der Waals surface area contributed by atoms with Crippen LogP contribution in [0.25, 0.3) is 11.0 Å². The van der Waals surface area contributed by atoms with Gasteiger partial charge in [0.1, 0.15) is 0 Å². The van der Waals surface area contributed by atoms with Crippen molar-refractivity contribution < 1.29 is 22.8 Å². The molecule has 3 aromatic rings. The maximum absolute atomic E-state index is 13.0. The molecular formula is C18H14F3N5O3. The second-order valence-corrected chi connectivity index (χ2v) is 6.07. The monoisotopic (exact) mass is 405 g/mol. The van der Waals surface area contributed by atoms with Crippen molar-refractivity contribution in [1.82, 2.24) is 9.97 Å². The van der Waals surface area contributed by atoms with Gasteiger partial charge in [0, 0.05) is 5.69 Å². The first-order valence-electron chi connectivity index (χ1n) is 8.25. The van der Waals surface area contributed by atoms with Gasteiger partial charge in [-0.1, -0.05) is 12.1 Å². The summed E-state index contributed by atoms with van der Waals surface area (Å²) < 4.78 is 39.1. The second-order valence-electron chi connectivity index (χ2n) is 6.07. The number of H-pyrrole nitrogens is 2. The second kappa shape index (κ2) is 7.70. The van der Waals surface area contributed by atoms with Crippen molar-refractivity contribution in [2.24, 2.45) is 10.2 Å². The number of carbonyl (C=O) groups is 2. The van der Waals surface area contributed by atoms with Crippen LogP contribution in [-0.2, 0) is 15.8 Å². The number of hydrogen-bond acceptors (Lipinski definition) is 5. The van der Waals surface area contributed by atoms with Gasteiger partial charge >= 0.3 is 11.9 Å². The van der Waals surface area contributed by atoms with Crippen LogP contribution in [0.5, 0.6) is 0 Å². The first-order valence-corrected chi connectivity index (χ1v) is 8.25. The largest absolute Gasteiger partial charge is 0.418 e. The fraction of sp³-hybridized carbons (Fsp3) is 0.167. The number of halogens is 3. The molecule has 0 fully saturated rings. The summed E-state index contributed by atoms with van der Waals surface area (Å²) in [5.41, 5.74) is -0.775. The molecule has 1 heterocycles. The normalized spacial score (nSPS) is 13.0. The Morgan fingerprint density at radius 3 is 2.45 bits per heavy atom. The number of nitrogens with zero attached hydrogens (tertiary/aromatic N) is 2. The summed E-state index contributed by atoms with van der Waals surface area (Å²) in [4.78, 5) is 40.5. The summed E-state index contributed by atoms with van der Waals surface area (Å²) in [7, 11) is 0. The Kier molecular flexibility index (Phi) is 5.31. The fourth-order valence-electron chi connectivity index (χ4n) is 2.56. The average Bonchev–Trinajstić information content (AvgIpc) is 3.00. The number of benzene rings is 2. The van der Waals surface area contributed by atoms with Gasteiger partial charge in [0.05, 0.1) is 22.3 Å². The first kappa shape index (κ1) is 20.0. The van der Waals surface area contributed by atoms with Gasteiger partial charge < -0.3 is 15.3 Å². The van der Waals surface area contributed by atoms with E-state index in [-0.39, 0.29) is 5.69 Å². The van der Waals surface area contributed by atoms with Gasteiger partial charge in [-0.2, -0.15) is 23.4 Å². The number of rotatable bonds is 5. The lowest BCUT2D eigenvalue weighted by molar-refractivity contribution is -0.137. The molecule has 0 aliphatic rings. The van der Waals surface area contributed by atoms with Crippen molar-refractivity contribution in [3.63, 3.8) is 0 Å². The number of Topliss-reactive ketones (excluding diaryl/α,β-unsaturated/α-hetero) is 1. The Morgan fingerprint density at radius 2 is 1.76 bits per heavy atom. The topological polar surface area (TPSA) is 120 Å². The lowest BCUT2D eigenvalue weighted by atomic mass is 10.2. The van der Waals surface area contributed by atoms with Crippen LogP contribution in [0.2, 0.25) is 0 Å². The van der Waals surface area contributed by atoms with E-state index < -0.39 is 40.8 Å². The molecule has 150 valence electrons. The number of aromatic nitrogens is 2. The molecule has 1 amide bonds. The molecule has 1 aromatic heterocycles. The van der Waals surface area contributed by atoms with Gasteiger partial charge in [-0.05, 0) is 37.3 Å². The van der Waals surface area contributed by atoms with E-state index in [0.717, 1.165) is 19.1 Å². The molecule has 1 atom stereocenters. The van der Waals surface area contributed by atoms with Crippen LogP contribution in [0.4, 0.5) is 24.5 Å². The molecule has 0 spiro atoms. The van der Waals surface area contributed by atoms with E-state index in [1.807, 2.05) is 0 Å². The fourth-order valence-corrected chi connectivity index (χ4v) is 2.56. The number of hydrogen-bond donors (Lipinski definition) is 3. The Labute approximate surface area is 160 Å². The highest BCUT2D eigenvalue weighted by Gasteiger charge is 2.33. The van der Waals surface area contributed by atoms with Crippen LogP contribution >= 0.6 is 0 Å². The van der Waals surface area contributed by atoms with E-state index in [0.29, 0.717) is 11.0 Å². The molecule has 29 heavy (non-hydrogen) atoms. The van der Waals surface area contributed by atoms with Crippen molar-refractivity contribution >= 4 is 34.1 Å². The summed E-state index contributed by atoms with van der Waals surface area (Å²) in [6, 6.07) is 7.26. The minimum Gasteiger partial charge on any atom is -0.324 e. The Balaban J connectivity index is 1.84. The van der Waals surface area contributed by atoms with E-state index in [2.05, 4.69) is 25.5 Å². The number of azo groups is 1. The predicted molar refractivity (Wildman–Crippen MR) is 98.0 cm³/mol. The lowest BCUT2D eigenvalue weighted by Gasteiger charge is -2.11. The van der Waals surface area contributed by atoms with Crippen molar-refractivity contribution in [1.29, 1.82) is 0 Å². The molecule has 0 saturated carbocycles. The van der Waals surface area contributed by atoms with Crippen LogP contribution in [0.3, 0.4) is 0 Å². The highest BCUT2D eigenvalue weighted by molar-refractivity contribution is 6.10. The molecule has 3 rings (SSSR count). The van der Waals surface area contributed by atoms with Crippen LogP contribution < -0.4 is 11.0 Å². The Hall–Kier alpha value is -3.76. The van der Waals surface area contributed by atoms with Crippen LogP contribution in [-0.4, -0.2) is 27.7 Å². The SMILES string of the molecule is CC(=O)[C@@H](N=Nc1ccccc1C(F)(F)F)C(=O)Nc1ccc2[nH]c(=O)[nH]c2c1. The zero-order chi connectivity index (χ0) is 21.2. The van der Waals surface area contributed by atoms with E-state index in [1.54, 1.807) is 0 Å². The van der Waals surface area contributed by atoms with Crippen molar-refractivity contribution in [3.05, 3.63) is 58.5 Å². The number of nitrogens with one attached hydrogen (secondary N) is 3. The van der Waals surface area contributed by atoms with Gasteiger partial charge in [-0.15, -0.1) is 0 Å². The van der Waals surface area contributed by atoms with Crippen LogP contribution in [0.1, 0.15) is 12.5 Å². The van der Waals surface area contributed by atoms with E-state index in [4.69, 9.17) is 0 Å². The third-order valence-electron chi connectivity index (χ3n) is 3.91. The molecule has 11 heteroatoms. The summed E-state index contributed by atoms with van der Waals surface area (Å²) in [6.07, 6.45) is -4.66. The number of ketones is 1. The number of anilines is 1. The van der Waals surface area contributed by atoms with Gasteiger partial charge in [0.25, 0.3) is 5.91 Å². The maximum Gasteiger partial charge on any atom is 0.418 e. The third kappa shape index (κ3) is 4.57. The minimum atomic E-state index is -4.66. The van der Waals surface area contributed by atoms with Gasteiger partial charge in [-0.3, -0.25) is 9.59 Å². The lowest BCUT2D eigenvalue weighted by Crippen LogP contribution is -2.31. The van der Waals surface area contributed by atoms with Gasteiger partial charge in [0.15, 0.2) is 5.78 Å². The van der Waals surface area contributed by atoms with E-state index in [1.165, 1.54) is 30.3 Å². The van der Waals surface area contributed by atoms with Crippen molar-refractivity contribution in [3.8, 4) is 0 Å². The molecule has 0 aliphatic heterocycles. The molecule has 0 radical (unpaired) electrons. The molecular weight excluding hydrogens is 391 g/mol. The Morgan fingerprint density at radius 1 is 1.07 bits per heavy atom. The molecule has 0 saturated heterocycles. The standard InChI is InChI=1S/C18H14F3N5O3/c1-9(27)15(26-25-12-5-3-2-4-11(12)18(19,20)21)16(28)22-10-6-7-13-14(8-10)24-17(29)23-13/h2-8,15H,1H3,(H,22,28)(H2,23,24,29)/t15-/m1/s1. The molecule has 2 aromatic carbocycles. The zero-order valence-electron chi connectivity index (χ0n) is 14.9. The van der Waals surface area contributed by atoms with Gasteiger partial charge in [0.2, 0.25) is 6.04 Å². The summed E-state index contributed by atoms with van der Waals surface area (Å²) in [5.74, 6) is -1.57. The number of amides is 1. The number of alkyl halides is 3. The molecule has 8 nitrogen and oxygen atoms in total. The van der Waals surface area contributed by atoms with Crippen LogP contribution in [0.15, 0.2) is 57.5 Å². The van der Waals surface area contributed by atoms with Crippen molar-refractivity contribution in [2.45, 2.75) is 19.1 Å².